The lowest BCUT2D eigenvalue weighted by atomic mass is 9.78. The predicted octanol–water partition coefficient (Wildman–Crippen LogP) is 3.19. The minimum Gasteiger partial charge on any atom is -0.274 e. The number of nitrogens with one attached hydrogen (secondary N) is 1. The monoisotopic (exact) mass is 377 g/mol. The highest BCUT2D eigenvalue weighted by Crippen LogP contribution is 2.40. The Morgan fingerprint density at radius 1 is 1.00 bits per heavy atom. The molecule has 1 aromatic heterocycles. The standard InChI is InChI=1S/C22H23N3O3/c1-13-5-4-6-18-19(13)22(28)24(21(18)27)17-11-9-16(10-12-17)20(26)23-25-14(2)7-8-15(25)3/h4-5,7-13,18-19H,6H2,1-3H3,(H,23,26)/t13-,18-,19-/m1/s1. The number of aryl methyl sites for hydroxylation is 2. The maximum absolute atomic E-state index is 12.9. The van der Waals surface area contributed by atoms with Crippen molar-refractivity contribution >= 4 is 23.4 Å². The first-order valence-corrected chi connectivity index (χ1v) is 9.49. The number of carbonyl (C=O) groups is 3. The molecule has 6 heteroatoms. The van der Waals surface area contributed by atoms with Gasteiger partial charge in [0.2, 0.25) is 11.8 Å². The fraction of sp³-hybridized carbons (Fsp3) is 0.318. The molecule has 1 saturated heterocycles. The third kappa shape index (κ3) is 2.85. The second kappa shape index (κ2) is 6.78. The van der Waals surface area contributed by atoms with Crippen LogP contribution in [0.1, 0.15) is 35.1 Å². The molecule has 0 spiro atoms. The molecule has 2 aliphatic rings. The van der Waals surface area contributed by atoms with Gasteiger partial charge in [-0.15, -0.1) is 0 Å². The highest BCUT2D eigenvalue weighted by molar-refractivity contribution is 6.22. The van der Waals surface area contributed by atoms with Gasteiger partial charge in [-0.2, -0.15) is 0 Å². The Morgan fingerprint density at radius 3 is 2.25 bits per heavy atom. The molecule has 3 atom stereocenters. The lowest BCUT2D eigenvalue weighted by Gasteiger charge is -2.22. The van der Waals surface area contributed by atoms with Crippen molar-refractivity contribution in [1.82, 2.24) is 4.68 Å². The van der Waals surface area contributed by atoms with Gasteiger partial charge in [0.05, 0.1) is 17.5 Å². The molecule has 144 valence electrons. The third-order valence-corrected chi connectivity index (χ3v) is 5.74. The van der Waals surface area contributed by atoms with Crippen LogP contribution in [0, 0.1) is 31.6 Å². The van der Waals surface area contributed by atoms with Crippen LogP contribution in [-0.4, -0.2) is 22.4 Å². The van der Waals surface area contributed by atoms with Crippen molar-refractivity contribution in [2.24, 2.45) is 17.8 Å². The molecule has 1 aliphatic carbocycles. The van der Waals surface area contributed by atoms with E-state index in [0.717, 1.165) is 11.4 Å². The molecule has 2 heterocycles. The van der Waals surface area contributed by atoms with E-state index in [-0.39, 0.29) is 35.5 Å². The summed E-state index contributed by atoms with van der Waals surface area (Å²) in [6, 6.07) is 10.5. The van der Waals surface area contributed by atoms with E-state index in [0.29, 0.717) is 17.7 Å². The summed E-state index contributed by atoms with van der Waals surface area (Å²) in [5, 5.41) is 0. The molecule has 0 bridgehead atoms. The molecule has 0 saturated carbocycles. The van der Waals surface area contributed by atoms with Gasteiger partial charge in [-0.3, -0.25) is 29.4 Å². The van der Waals surface area contributed by atoms with Gasteiger partial charge in [0.25, 0.3) is 5.91 Å². The van der Waals surface area contributed by atoms with Crippen LogP contribution >= 0.6 is 0 Å². The van der Waals surface area contributed by atoms with Crippen molar-refractivity contribution < 1.29 is 14.4 Å². The number of hydrogen-bond acceptors (Lipinski definition) is 3. The highest BCUT2D eigenvalue weighted by atomic mass is 16.2. The van der Waals surface area contributed by atoms with E-state index < -0.39 is 0 Å². The first-order chi connectivity index (χ1) is 13.4. The molecule has 1 aliphatic heterocycles. The summed E-state index contributed by atoms with van der Waals surface area (Å²) >= 11 is 0. The zero-order valence-electron chi connectivity index (χ0n) is 16.2. The topological polar surface area (TPSA) is 71.4 Å². The Morgan fingerprint density at radius 2 is 1.64 bits per heavy atom. The van der Waals surface area contributed by atoms with Crippen molar-refractivity contribution in [2.45, 2.75) is 27.2 Å². The molecule has 4 rings (SSSR count). The van der Waals surface area contributed by atoms with E-state index in [4.69, 9.17) is 0 Å². The van der Waals surface area contributed by atoms with Crippen LogP contribution in [0.2, 0.25) is 0 Å². The first kappa shape index (κ1) is 18.2. The van der Waals surface area contributed by atoms with E-state index in [1.165, 1.54) is 4.90 Å². The number of hydrogen-bond donors (Lipinski definition) is 1. The SMILES string of the molecule is Cc1ccc(C)n1NC(=O)c1ccc(N2C(=O)[C@@H]3[C@H](C)C=CC[C@H]3C2=O)cc1. The van der Waals surface area contributed by atoms with Gasteiger partial charge in [-0.1, -0.05) is 19.1 Å². The molecule has 2 aromatic rings. The normalized spacial score (nSPS) is 23.8. The van der Waals surface area contributed by atoms with Gasteiger partial charge in [-0.05, 0) is 62.6 Å². The molecular weight excluding hydrogens is 354 g/mol. The van der Waals surface area contributed by atoms with Crippen LogP contribution in [0.4, 0.5) is 5.69 Å². The van der Waals surface area contributed by atoms with Crippen molar-refractivity contribution in [3.05, 3.63) is 65.5 Å². The van der Waals surface area contributed by atoms with Crippen molar-refractivity contribution in [2.75, 3.05) is 10.3 Å². The minimum atomic E-state index is -0.292. The summed E-state index contributed by atoms with van der Waals surface area (Å²) < 4.78 is 1.73. The second-order valence-corrected chi connectivity index (χ2v) is 7.61. The van der Waals surface area contributed by atoms with Crippen LogP contribution in [0.3, 0.4) is 0 Å². The zero-order chi connectivity index (χ0) is 20.0. The smallest absolute Gasteiger partial charge is 0.270 e. The van der Waals surface area contributed by atoms with Gasteiger partial charge in [0.15, 0.2) is 0 Å². The number of aromatic nitrogens is 1. The number of nitrogens with zero attached hydrogens (tertiary/aromatic N) is 2. The predicted molar refractivity (Wildman–Crippen MR) is 106 cm³/mol. The number of amides is 3. The Kier molecular flexibility index (Phi) is 4.41. The Hall–Kier alpha value is -3.15. The van der Waals surface area contributed by atoms with E-state index >= 15 is 0 Å². The highest BCUT2D eigenvalue weighted by Gasteiger charge is 2.50. The lowest BCUT2D eigenvalue weighted by Crippen LogP contribution is -2.31. The Labute approximate surface area is 163 Å². The molecule has 1 fully saturated rings. The zero-order valence-corrected chi connectivity index (χ0v) is 16.2. The molecule has 0 unspecified atom stereocenters. The van der Waals surface area contributed by atoms with Gasteiger partial charge in [0.1, 0.15) is 0 Å². The number of benzene rings is 1. The van der Waals surface area contributed by atoms with E-state index in [2.05, 4.69) is 5.43 Å². The summed E-state index contributed by atoms with van der Waals surface area (Å²) in [5.41, 5.74) is 5.69. The van der Waals surface area contributed by atoms with Crippen molar-refractivity contribution in [1.29, 1.82) is 0 Å². The summed E-state index contributed by atoms with van der Waals surface area (Å²) in [6.07, 6.45) is 4.60. The Bertz CT molecular complexity index is 967. The minimum absolute atomic E-state index is 0.0540. The summed E-state index contributed by atoms with van der Waals surface area (Å²) in [7, 11) is 0. The lowest BCUT2D eigenvalue weighted by molar-refractivity contribution is -0.122. The number of anilines is 1. The number of carbonyl (C=O) groups excluding carboxylic acids is 3. The maximum atomic E-state index is 12.9. The molecule has 1 aromatic carbocycles. The molecule has 3 amide bonds. The molecule has 28 heavy (non-hydrogen) atoms. The van der Waals surface area contributed by atoms with Crippen LogP contribution in [0.15, 0.2) is 48.6 Å². The fourth-order valence-electron chi connectivity index (χ4n) is 4.17. The van der Waals surface area contributed by atoms with Gasteiger partial charge in [0, 0.05) is 17.0 Å². The van der Waals surface area contributed by atoms with E-state index in [1.807, 2.05) is 45.1 Å². The van der Waals surface area contributed by atoms with E-state index in [1.54, 1.807) is 28.9 Å². The van der Waals surface area contributed by atoms with Crippen LogP contribution < -0.4 is 10.3 Å². The first-order valence-electron chi connectivity index (χ1n) is 9.49. The summed E-state index contributed by atoms with van der Waals surface area (Å²) in [6.45, 7) is 5.80. The molecule has 0 radical (unpaired) electrons. The van der Waals surface area contributed by atoms with Crippen LogP contribution in [-0.2, 0) is 9.59 Å². The van der Waals surface area contributed by atoms with E-state index in [9.17, 15) is 14.4 Å². The Balaban J connectivity index is 1.54. The summed E-state index contributed by atoms with van der Waals surface area (Å²) in [5.74, 6) is -1.07. The maximum Gasteiger partial charge on any atom is 0.270 e. The van der Waals surface area contributed by atoms with Gasteiger partial charge in [-0.25, -0.2) is 0 Å². The molecule has 6 nitrogen and oxygen atoms in total. The second-order valence-electron chi connectivity index (χ2n) is 7.61. The number of fused-ring (bicyclic) bond motifs is 1. The third-order valence-electron chi connectivity index (χ3n) is 5.74. The number of allylic oxidation sites excluding steroid dienone is 2. The van der Waals surface area contributed by atoms with Crippen LogP contribution in [0.25, 0.3) is 0 Å². The average Bonchev–Trinajstić information content (AvgIpc) is 3.13. The summed E-state index contributed by atoms with van der Waals surface area (Å²) in [4.78, 5) is 39.5. The largest absolute Gasteiger partial charge is 0.274 e. The van der Waals surface area contributed by atoms with Crippen molar-refractivity contribution in [3.8, 4) is 0 Å². The fourth-order valence-corrected chi connectivity index (χ4v) is 4.17. The van der Waals surface area contributed by atoms with Gasteiger partial charge >= 0.3 is 0 Å². The molecule has 1 N–H and O–H groups in total. The number of imide groups is 1. The molecular formula is C22H23N3O3. The van der Waals surface area contributed by atoms with Gasteiger partial charge < -0.3 is 0 Å². The van der Waals surface area contributed by atoms with Crippen LogP contribution in [0.5, 0.6) is 0 Å². The van der Waals surface area contributed by atoms with Crippen molar-refractivity contribution in [3.63, 3.8) is 0 Å². The average molecular weight is 377 g/mol. The quantitative estimate of drug-likeness (QED) is 0.660. The number of rotatable bonds is 3.